The lowest BCUT2D eigenvalue weighted by atomic mass is 9.87. The first-order chi connectivity index (χ1) is 11.9. The second-order valence-corrected chi connectivity index (χ2v) is 7.58. The highest BCUT2D eigenvalue weighted by molar-refractivity contribution is 9.10. The monoisotopic (exact) mass is 397 g/mol. The maximum Gasteiger partial charge on any atom is 0.249 e. The van der Waals surface area contributed by atoms with Crippen LogP contribution in [0.15, 0.2) is 59.2 Å². The molecule has 0 aliphatic heterocycles. The molecule has 0 amide bonds. The van der Waals surface area contributed by atoms with Crippen molar-refractivity contribution in [2.75, 3.05) is 10.6 Å². The van der Waals surface area contributed by atoms with Gasteiger partial charge in [0, 0.05) is 10.2 Å². The number of hydrogen-bond acceptors (Lipinski definition) is 5. The number of para-hydroxylation sites is 1. The highest BCUT2D eigenvalue weighted by atomic mass is 79.9. The molecule has 2 N–H and O–H groups in total. The van der Waals surface area contributed by atoms with Crippen LogP contribution in [0.5, 0.6) is 0 Å². The molecule has 0 saturated heterocycles. The number of aromatic nitrogens is 3. The van der Waals surface area contributed by atoms with Crippen molar-refractivity contribution in [2.24, 2.45) is 0 Å². The van der Waals surface area contributed by atoms with Crippen molar-refractivity contribution in [3.63, 3.8) is 0 Å². The molecule has 0 bridgehead atoms. The highest BCUT2D eigenvalue weighted by Crippen LogP contribution is 2.26. The Morgan fingerprint density at radius 1 is 0.920 bits per heavy atom. The van der Waals surface area contributed by atoms with Gasteiger partial charge >= 0.3 is 0 Å². The molecular weight excluding hydrogens is 378 g/mol. The number of nitrogens with one attached hydrogen (secondary N) is 2. The molecule has 0 saturated carbocycles. The van der Waals surface area contributed by atoms with Crippen molar-refractivity contribution in [1.29, 1.82) is 0 Å². The van der Waals surface area contributed by atoms with E-state index in [-0.39, 0.29) is 5.41 Å². The molecule has 0 radical (unpaired) electrons. The number of halogens is 1. The van der Waals surface area contributed by atoms with E-state index in [1.807, 2.05) is 36.4 Å². The van der Waals surface area contributed by atoms with Crippen molar-refractivity contribution >= 4 is 39.1 Å². The molecule has 0 atom stereocenters. The molecule has 2 aromatic carbocycles. The Hall–Kier alpha value is -2.47. The summed E-state index contributed by atoms with van der Waals surface area (Å²) in [5.41, 5.74) is 3.25. The molecule has 1 heterocycles. The summed E-state index contributed by atoms with van der Waals surface area (Å²) in [6.45, 7) is 6.58. The van der Waals surface area contributed by atoms with E-state index in [9.17, 15) is 0 Å². The summed E-state index contributed by atoms with van der Waals surface area (Å²) in [6, 6.07) is 16.1. The van der Waals surface area contributed by atoms with Gasteiger partial charge in [-0.05, 0) is 51.2 Å². The summed E-state index contributed by atoms with van der Waals surface area (Å²) < 4.78 is 0.959. The minimum absolute atomic E-state index is 0.128. The van der Waals surface area contributed by atoms with E-state index in [4.69, 9.17) is 0 Å². The second-order valence-electron chi connectivity index (χ2n) is 6.72. The average Bonchev–Trinajstić information content (AvgIpc) is 2.57. The number of rotatable bonds is 4. The van der Waals surface area contributed by atoms with Crippen LogP contribution in [0.3, 0.4) is 0 Å². The van der Waals surface area contributed by atoms with Crippen LogP contribution in [0.25, 0.3) is 0 Å². The fourth-order valence-corrected chi connectivity index (χ4v) is 2.68. The minimum atomic E-state index is 0.128. The third kappa shape index (κ3) is 4.54. The van der Waals surface area contributed by atoms with Gasteiger partial charge in [0.2, 0.25) is 5.95 Å². The Kier molecular flexibility index (Phi) is 4.99. The molecule has 3 aromatic rings. The summed E-state index contributed by atoms with van der Waals surface area (Å²) >= 11 is 3.51. The molecule has 25 heavy (non-hydrogen) atoms. The molecule has 0 unspecified atom stereocenters. The summed E-state index contributed by atoms with van der Waals surface area (Å²) in [7, 11) is 0. The van der Waals surface area contributed by atoms with E-state index < -0.39 is 0 Å². The van der Waals surface area contributed by atoms with Crippen LogP contribution in [0.4, 0.5) is 23.1 Å². The number of hydrogen-bond donors (Lipinski definition) is 2. The number of nitrogens with zero attached hydrogens (tertiary/aromatic N) is 3. The maximum atomic E-state index is 4.46. The van der Waals surface area contributed by atoms with Crippen molar-refractivity contribution in [3.05, 3.63) is 64.8 Å². The predicted molar refractivity (Wildman–Crippen MR) is 106 cm³/mol. The van der Waals surface area contributed by atoms with E-state index >= 15 is 0 Å². The van der Waals surface area contributed by atoms with Gasteiger partial charge in [-0.3, -0.25) is 0 Å². The first kappa shape index (κ1) is 17.4. The molecule has 3 rings (SSSR count). The molecule has 0 spiro atoms. The molecule has 0 aliphatic carbocycles. The van der Waals surface area contributed by atoms with E-state index in [2.05, 4.69) is 74.6 Å². The van der Waals surface area contributed by atoms with Gasteiger partial charge in [0.05, 0.1) is 11.9 Å². The van der Waals surface area contributed by atoms with E-state index in [0.717, 1.165) is 15.8 Å². The largest absolute Gasteiger partial charge is 0.338 e. The van der Waals surface area contributed by atoms with Gasteiger partial charge in [-0.1, -0.05) is 45.0 Å². The zero-order chi connectivity index (χ0) is 17.9. The third-order valence-electron chi connectivity index (χ3n) is 3.70. The second kappa shape index (κ2) is 7.19. The Morgan fingerprint density at radius 3 is 2.32 bits per heavy atom. The zero-order valence-corrected chi connectivity index (χ0v) is 16.0. The molecule has 128 valence electrons. The van der Waals surface area contributed by atoms with Gasteiger partial charge in [0.1, 0.15) is 0 Å². The molecule has 0 fully saturated rings. The van der Waals surface area contributed by atoms with Crippen molar-refractivity contribution in [3.8, 4) is 0 Å². The average molecular weight is 398 g/mol. The number of anilines is 4. The SMILES string of the molecule is CC(C)(C)c1ccc(Nc2nncc(Nc3ccccc3Br)n2)cc1. The van der Waals surface area contributed by atoms with Gasteiger partial charge in [0.15, 0.2) is 5.82 Å². The van der Waals surface area contributed by atoms with Gasteiger partial charge < -0.3 is 10.6 Å². The standard InChI is InChI=1S/C19H20BrN5/c1-19(2,3)13-8-10-14(11-9-13)22-18-24-17(12-21-25-18)23-16-7-5-4-6-15(16)20/h4-12H,1-3H3,(H2,22,23,24,25). The van der Waals surface area contributed by atoms with Crippen molar-refractivity contribution in [2.45, 2.75) is 26.2 Å². The number of benzene rings is 2. The normalized spacial score (nSPS) is 11.2. The molecule has 5 nitrogen and oxygen atoms in total. The summed E-state index contributed by atoms with van der Waals surface area (Å²) in [6.07, 6.45) is 1.59. The van der Waals surface area contributed by atoms with Gasteiger partial charge in [-0.15, -0.1) is 5.10 Å². The minimum Gasteiger partial charge on any atom is -0.338 e. The first-order valence-electron chi connectivity index (χ1n) is 8.01. The first-order valence-corrected chi connectivity index (χ1v) is 8.80. The third-order valence-corrected chi connectivity index (χ3v) is 4.39. The Bertz CT molecular complexity index is 856. The Labute approximate surface area is 156 Å². The van der Waals surface area contributed by atoms with E-state index in [1.54, 1.807) is 6.20 Å². The zero-order valence-electron chi connectivity index (χ0n) is 14.4. The highest BCUT2D eigenvalue weighted by Gasteiger charge is 2.13. The maximum absolute atomic E-state index is 4.46. The van der Waals surface area contributed by atoms with Crippen LogP contribution in [0, 0.1) is 0 Å². The molecule has 1 aromatic heterocycles. The van der Waals surface area contributed by atoms with E-state index in [0.29, 0.717) is 11.8 Å². The lowest BCUT2D eigenvalue weighted by Gasteiger charge is -2.19. The fraction of sp³-hybridized carbons (Fsp3) is 0.211. The van der Waals surface area contributed by atoms with Crippen LogP contribution >= 0.6 is 15.9 Å². The van der Waals surface area contributed by atoms with Crippen molar-refractivity contribution < 1.29 is 0 Å². The van der Waals surface area contributed by atoms with Gasteiger partial charge in [-0.2, -0.15) is 10.1 Å². The van der Waals surface area contributed by atoms with Crippen molar-refractivity contribution in [1.82, 2.24) is 15.2 Å². The van der Waals surface area contributed by atoms with Crippen LogP contribution in [0.1, 0.15) is 26.3 Å². The van der Waals surface area contributed by atoms with Crippen LogP contribution in [-0.2, 0) is 5.41 Å². The fourth-order valence-electron chi connectivity index (χ4n) is 2.30. The van der Waals surface area contributed by atoms with Gasteiger partial charge in [0.25, 0.3) is 0 Å². The van der Waals surface area contributed by atoms with Crippen LogP contribution in [-0.4, -0.2) is 15.2 Å². The molecular formula is C19H20BrN5. The predicted octanol–water partition coefficient (Wildman–Crippen LogP) is 5.42. The Morgan fingerprint density at radius 2 is 1.64 bits per heavy atom. The smallest absolute Gasteiger partial charge is 0.249 e. The lowest BCUT2D eigenvalue weighted by molar-refractivity contribution is 0.590. The topological polar surface area (TPSA) is 62.7 Å². The van der Waals surface area contributed by atoms with Crippen LogP contribution in [0.2, 0.25) is 0 Å². The lowest BCUT2D eigenvalue weighted by Crippen LogP contribution is -2.10. The van der Waals surface area contributed by atoms with E-state index in [1.165, 1.54) is 5.56 Å². The summed E-state index contributed by atoms with van der Waals surface area (Å²) in [5.74, 6) is 1.07. The molecule has 0 aliphatic rings. The van der Waals surface area contributed by atoms with Gasteiger partial charge in [-0.25, -0.2) is 0 Å². The van der Waals surface area contributed by atoms with Crippen LogP contribution < -0.4 is 10.6 Å². The summed E-state index contributed by atoms with van der Waals surface area (Å²) in [5, 5.41) is 14.5. The summed E-state index contributed by atoms with van der Waals surface area (Å²) in [4.78, 5) is 4.46. The molecule has 6 heteroatoms. The quantitative estimate of drug-likeness (QED) is 0.615. The Balaban J connectivity index is 1.75.